The number of ether oxygens (including phenoxy) is 2. The highest BCUT2D eigenvalue weighted by atomic mass is 16.5. The summed E-state index contributed by atoms with van der Waals surface area (Å²) >= 11 is 0. The molecule has 5 nitrogen and oxygen atoms in total. The van der Waals surface area contributed by atoms with Gasteiger partial charge in [-0.2, -0.15) is 5.10 Å². The van der Waals surface area contributed by atoms with Gasteiger partial charge in [0.15, 0.2) is 0 Å². The van der Waals surface area contributed by atoms with Gasteiger partial charge in [-0.25, -0.2) is 0 Å². The molecular weight excluding hydrogens is 338 g/mol. The summed E-state index contributed by atoms with van der Waals surface area (Å²) in [6.45, 7) is 3.08. The Bertz CT molecular complexity index is 843. The molecular formula is C22H27N3O2. The molecule has 0 aliphatic heterocycles. The van der Waals surface area contributed by atoms with Crippen LogP contribution in [0.4, 0.5) is 0 Å². The van der Waals surface area contributed by atoms with E-state index >= 15 is 0 Å². The molecule has 2 aromatic carbocycles. The average molecular weight is 365 g/mol. The quantitative estimate of drug-likeness (QED) is 0.542. The lowest BCUT2D eigenvalue weighted by Gasteiger charge is -2.17. The van der Waals surface area contributed by atoms with Crippen LogP contribution in [0.5, 0.6) is 5.75 Å². The Labute approximate surface area is 161 Å². The maximum absolute atomic E-state index is 5.84. The molecule has 3 rings (SSSR count). The fourth-order valence-electron chi connectivity index (χ4n) is 3.00. The highest BCUT2D eigenvalue weighted by Crippen LogP contribution is 2.19. The molecule has 0 bridgehead atoms. The van der Waals surface area contributed by atoms with Crippen molar-refractivity contribution >= 4 is 0 Å². The van der Waals surface area contributed by atoms with Crippen LogP contribution in [0.15, 0.2) is 60.8 Å². The standard InChI is InChI=1S/C22H27N3O2/c1-24(16-19-5-4-6-21(15-19)26-3)13-14-27-17-18-7-9-20(10-8-18)22-11-12-23-25(22)2/h4-12,15H,13-14,16-17H2,1-3H3. The van der Waals surface area contributed by atoms with Gasteiger partial charge >= 0.3 is 0 Å². The van der Waals surface area contributed by atoms with Crippen LogP contribution in [0.25, 0.3) is 11.3 Å². The van der Waals surface area contributed by atoms with Crippen LogP contribution in [0.3, 0.4) is 0 Å². The average Bonchev–Trinajstić information content (AvgIpc) is 3.12. The molecule has 0 spiro atoms. The second kappa shape index (κ2) is 9.35. The number of aryl methyl sites for hydroxylation is 1. The molecule has 0 radical (unpaired) electrons. The summed E-state index contributed by atoms with van der Waals surface area (Å²) in [6.07, 6.45) is 1.81. The van der Waals surface area contributed by atoms with E-state index in [1.807, 2.05) is 36.1 Å². The highest BCUT2D eigenvalue weighted by molar-refractivity contribution is 5.59. The molecule has 0 atom stereocenters. The monoisotopic (exact) mass is 365 g/mol. The van der Waals surface area contributed by atoms with Gasteiger partial charge in [0.05, 0.1) is 26.0 Å². The first-order valence-corrected chi connectivity index (χ1v) is 9.12. The Morgan fingerprint density at radius 3 is 2.56 bits per heavy atom. The molecule has 0 aliphatic rings. The fourth-order valence-corrected chi connectivity index (χ4v) is 3.00. The third-order valence-corrected chi connectivity index (χ3v) is 4.54. The largest absolute Gasteiger partial charge is 0.497 e. The predicted octanol–water partition coefficient (Wildman–Crippen LogP) is 3.74. The summed E-state index contributed by atoms with van der Waals surface area (Å²) < 4.78 is 13.0. The molecule has 0 N–H and O–H groups in total. The van der Waals surface area contributed by atoms with Crippen molar-refractivity contribution in [2.24, 2.45) is 7.05 Å². The van der Waals surface area contributed by atoms with Crippen LogP contribution in [0.2, 0.25) is 0 Å². The molecule has 27 heavy (non-hydrogen) atoms. The van der Waals surface area contributed by atoms with Crippen molar-refractivity contribution in [1.29, 1.82) is 0 Å². The maximum atomic E-state index is 5.84. The molecule has 0 saturated carbocycles. The van der Waals surface area contributed by atoms with Gasteiger partial charge in [-0.3, -0.25) is 9.58 Å². The minimum atomic E-state index is 0.624. The minimum Gasteiger partial charge on any atom is -0.497 e. The smallest absolute Gasteiger partial charge is 0.119 e. The zero-order valence-corrected chi connectivity index (χ0v) is 16.3. The summed E-state index contributed by atoms with van der Waals surface area (Å²) in [5, 5.41) is 4.21. The zero-order chi connectivity index (χ0) is 19.1. The lowest BCUT2D eigenvalue weighted by atomic mass is 10.1. The van der Waals surface area contributed by atoms with Crippen LogP contribution in [0, 0.1) is 0 Å². The first-order valence-electron chi connectivity index (χ1n) is 9.12. The summed E-state index contributed by atoms with van der Waals surface area (Å²) in [5.41, 5.74) is 4.69. The third kappa shape index (κ3) is 5.42. The number of likely N-dealkylation sites (N-methyl/N-ethyl adjacent to an activating group) is 1. The number of benzene rings is 2. The van der Waals surface area contributed by atoms with Gasteiger partial charge in [-0.1, -0.05) is 36.4 Å². The van der Waals surface area contributed by atoms with E-state index in [9.17, 15) is 0 Å². The normalized spacial score (nSPS) is 11.1. The number of rotatable bonds is 9. The first-order chi connectivity index (χ1) is 13.2. The van der Waals surface area contributed by atoms with Gasteiger partial charge in [-0.05, 0) is 41.9 Å². The SMILES string of the molecule is COc1cccc(CN(C)CCOCc2ccc(-c3ccnn3C)cc2)c1. The van der Waals surface area contributed by atoms with Crippen molar-refractivity contribution in [3.63, 3.8) is 0 Å². The molecule has 0 saturated heterocycles. The van der Waals surface area contributed by atoms with Crippen molar-refractivity contribution < 1.29 is 9.47 Å². The van der Waals surface area contributed by atoms with Crippen molar-refractivity contribution in [3.8, 4) is 17.0 Å². The van der Waals surface area contributed by atoms with Gasteiger partial charge in [0, 0.05) is 26.3 Å². The molecule has 142 valence electrons. The highest BCUT2D eigenvalue weighted by Gasteiger charge is 2.04. The van der Waals surface area contributed by atoms with Gasteiger partial charge in [0.25, 0.3) is 0 Å². The Morgan fingerprint density at radius 2 is 1.85 bits per heavy atom. The molecule has 3 aromatic rings. The molecule has 0 amide bonds. The Kier molecular flexibility index (Phi) is 6.63. The van der Waals surface area contributed by atoms with E-state index in [1.165, 1.54) is 11.1 Å². The van der Waals surface area contributed by atoms with E-state index < -0.39 is 0 Å². The van der Waals surface area contributed by atoms with E-state index in [4.69, 9.17) is 9.47 Å². The van der Waals surface area contributed by atoms with Crippen molar-refractivity contribution in [1.82, 2.24) is 14.7 Å². The summed E-state index contributed by atoms with van der Waals surface area (Å²) in [6, 6.07) is 18.6. The van der Waals surface area contributed by atoms with E-state index in [0.29, 0.717) is 13.2 Å². The van der Waals surface area contributed by atoms with E-state index in [1.54, 1.807) is 7.11 Å². The molecule has 1 heterocycles. The van der Waals surface area contributed by atoms with Crippen molar-refractivity contribution in [3.05, 3.63) is 71.9 Å². The van der Waals surface area contributed by atoms with Crippen molar-refractivity contribution in [2.75, 3.05) is 27.3 Å². The summed E-state index contributed by atoms with van der Waals surface area (Å²) in [4.78, 5) is 2.25. The lowest BCUT2D eigenvalue weighted by Crippen LogP contribution is -2.22. The summed E-state index contributed by atoms with van der Waals surface area (Å²) in [5.74, 6) is 0.895. The van der Waals surface area contributed by atoms with Crippen LogP contribution in [0.1, 0.15) is 11.1 Å². The number of nitrogens with zero attached hydrogens (tertiary/aromatic N) is 3. The van der Waals surface area contributed by atoms with Crippen LogP contribution in [-0.4, -0.2) is 42.0 Å². The lowest BCUT2D eigenvalue weighted by molar-refractivity contribution is 0.0980. The van der Waals surface area contributed by atoms with Gasteiger partial charge in [-0.15, -0.1) is 0 Å². The van der Waals surface area contributed by atoms with E-state index in [2.05, 4.69) is 53.4 Å². The van der Waals surface area contributed by atoms with Gasteiger partial charge in [0.1, 0.15) is 5.75 Å². The fraction of sp³-hybridized carbons (Fsp3) is 0.318. The number of hydrogen-bond acceptors (Lipinski definition) is 4. The predicted molar refractivity (Wildman–Crippen MR) is 108 cm³/mol. The Morgan fingerprint density at radius 1 is 1.04 bits per heavy atom. The molecule has 1 aromatic heterocycles. The third-order valence-electron chi connectivity index (χ3n) is 4.54. The first kappa shape index (κ1) is 19.1. The minimum absolute atomic E-state index is 0.624. The summed E-state index contributed by atoms with van der Waals surface area (Å²) in [7, 11) is 5.75. The molecule has 5 heteroatoms. The van der Waals surface area contributed by atoms with Crippen molar-refractivity contribution in [2.45, 2.75) is 13.2 Å². The van der Waals surface area contributed by atoms with Crippen LogP contribution >= 0.6 is 0 Å². The topological polar surface area (TPSA) is 39.5 Å². The second-order valence-corrected chi connectivity index (χ2v) is 6.68. The van der Waals surface area contributed by atoms with Gasteiger partial charge < -0.3 is 9.47 Å². The molecule has 0 aliphatic carbocycles. The number of hydrogen-bond donors (Lipinski definition) is 0. The Hall–Kier alpha value is -2.63. The zero-order valence-electron chi connectivity index (χ0n) is 16.3. The second-order valence-electron chi connectivity index (χ2n) is 6.68. The van der Waals surface area contributed by atoms with E-state index in [0.717, 1.165) is 30.1 Å². The number of methoxy groups -OCH3 is 1. The Balaban J connectivity index is 1.41. The van der Waals surface area contributed by atoms with Gasteiger partial charge in [0.2, 0.25) is 0 Å². The van der Waals surface area contributed by atoms with E-state index in [-0.39, 0.29) is 0 Å². The molecule has 0 fully saturated rings. The molecule has 0 unspecified atom stereocenters. The number of aromatic nitrogens is 2. The van der Waals surface area contributed by atoms with Crippen LogP contribution < -0.4 is 4.74 Å². The van der Waals surface area contributed by atoms with Crippen LogP contribution in [-0.2, 0) is 24.9 Å². The maximum Gasteiger partial charge on any atom is 0.119 e.